The summed E-state index contributed by atoms with van der Waals surface area (Å²) in [5.74, 6) is 0.944. The van der Waals surface area contributed by atoms with Crippen LogP contribution in [0.4, 0.5) is 0 Å². The predicted octanol–water partition coefficient (Wildman–Crippen LogP) is 5.06. The fraction of sp³-hybridized carbons (Fsp3) is 0.444. The normalized spacial score (nSPS) is 10.7. The van der Waals surface area contributed by atoms with Crippen molar-refractivity contribution in [3.05, 3.63) is 41.7 Å². The highest BCUT2D eigenvalue weighted by Gasteiger charge is 2.06. The lowest BCUT2D eigenvalue weighted by Gasteiger charge is -1.98. The number of hydrogen-bond donors (Lipinski definition) is 0. The SMILES string of the molecule is CCCCCCCCc1cc(-c2ccc(C=O)cc2)no1. The molecule has 0 radical (unpaired) electrons. The Morgan fingerprint density at radius 3 is 2.48 bits per heavy atom. The van der Waals surface area contributed by atoms with Crippen molar-refractivity contribution in [3.8, 4) is 11.3 Å². The van der Waals surface area contributed by atoms with Gasteiger partial charge in [-0.3, -0.25) is 4.79 Å². The molecular formula is C18H23NO2. The maximum Gasteiger partial charge on any atom is 0.150 e. The topological polar surface area (TPSA) is 43.1 Å². The van der Waals surface area contributed by atoms with E-state index in [1.54, 1.807) is 12.1 Å². The quantitative estimate of drug-likeness (QED) is 0.478. The van der Waals surface area contributed by atoms with Gasteiger partial charge in [-0.05, 0) is 6.42 Å². The molecular weight excluding hydrogens is 262 g/mol. The summed E-state index contributed by atoms with van der Waals surface area (Å²) in [4.78, 5) is 10.6. The minimum Gasteiger partial charge on any atom is -0.361 e. The van der Waals surface area contributed by atoms with Crippen LogP contribution in [0.15, 0.2) is 34.9 Å². The number of aldehydes is 1. The molecule has 3 nitrogen and oxygen atoms in total. The number of rotatable bonds is 9. The molecule has 0 N–H and O–H groups in total. The molecule has 0 aliphatic carbocycles. The second-order valence-electron chi connectivity index (χ2n) is 5.44. The van der Waals surface area contributed by atoms with Gasteiger partial charge in [0.1, 0.15) is 17.7 Å². The molecule has 0 unspecified atom stereocenters. The fourth-order valence-corrected chi connectivity index (χ4v) is 2.38. The fourth-order valence-electron chi connectivity index (χ4n) is 2.38. The van der Waals surface area contributed by atoms with Crippen molar-refractivity contribution in [1.82, 2.24) is 5.16 Å². The molecule has 0 amide bonds. The van der Waals surface area contributed by atoms with Crippen molar-refractivity contribution in [2.24, 2.45) is 0 Å². The van der Waals surface area contributed by atoms with Crippen molar-refractivity contribution >= 4 is 6.29 Å². The van der Waals surface area contributed by atoms with Gasteiger partial charge in [0.05, 0.1) is 0 Å². The number of nitrogens with zero attached hydrogens (tertiary/aromatic N) is 1. The summed E-state index contributed by atoms with van der Waals surface area (Å²) in [5, 5.41) is 4.11. The monoisotopic (exact) mass is 285 g/mol. The molecule has 112 valence electrons. The van der Waals surface area contributed by atoms with Crippen molar-refractivity contribution < 1.29 is 9.32 Å². The van der Waals surface area contributed by atoms with Crippen LogP contribution < -0.4 is 0 Å². The minimum atomic E-state index is 0.676. The number of aromatic nitrogens is 1. The van der Waals surface area contributed by atoms with Crippen LogP contribution in [0, 0.1) is 0 Å². The third kappa shape index (κ3) is 4.85. The first-order valence-electron chi connectivity index (χ1n) is 7.84. The molecule has 1 aromatic heterocycles. The van der Waals surface area contributed by atoms with Gasteiger partial charge >= 0.3 is 0 Å². The molecule has 0 aliphatic rings. The lowest BCUT2D eigenvalue weighted by molar-refractivity contribution is 0.112. The molecule has 0 fully saturated rings. The molecule has 3 heteroatoms. The third-order valence-corrected chi connectivity index (χ3v) is 3.68. The molecule has 2 rings (SSSR count). The molecule has 0 saturated carbocycles. The van der Waals surface area contributed by atoms with Crippen LogP contribution in [0.2, 0.25) is 0 Å². The zero-order valence-corrected chi connectivity index (χ0v) is 12.7. The Labute approximate surface area is 126 Å². The zero-order valence-electron chi connectivity index (χ0n) is 12.7. The summed E-state index contributed by atoms with van der Waals surface area (Å²) in [6.45, 7) is 2.23. The van der Waals surface area contributed by atoms with Crippen molar-refractivity contribution in [3.63, 3.8) is 0 Å². The first-order chi connectivity index (χ1) is 10.3. The Balaban J connectivity index is 1.81. The van der Waals surface area contributed by atoms with E-state index in [-0.39, 0.29) is 0 Å². The van der Waals surface area contributed by atoms with E-state index in [0.717, 1.165) is 36.1 Å². The largest absolute Gasteiger partial charge is 0.361 e. The molecule has 0 bridgehead atoms. The van der Waals surface area contributed by atoms with E-state index in [0.29, 0.717) is 5.56 Å². The second-order valence-corrected chi connectivity index (χ2v) is 5.44. The maximum absolute atomic E-state index is 10.6. The maximum atomic E-state index is 10.6. The van der Waals surface area contributed by atoms with Crippen LogP contribution >= 0.6 is 0 Å². The number of carbonyl (C=O) groups excluding carboxylic acids is 1. The number of unbranched alkanes of at least 4 members (excludes halogenated alkanes) is 5. The van der Waals surface area contributed by atoms with Gasteiger partial charge in [0.25, 0.3) is 0 Å². The average molecular weight is 285 g/mol. The van der Waals surface area contributed by atoms with E-state index >= 15 is 0 Å². The summed E-state index contributed by atoms with van der Waals surface area (Å²) < 4.78 is 5.38. The van der Waals surface area contributed by atoms with Crippen LogP contribution in [0.5, 0.6) is 0 Å². The smallest absolute Gasteiger partial charge is 0.150 e. The minimum absolute atomic E-state index is 0.676. The van der Waals surface area contributed by atoms with Gasteiger partial charge in [0.2, 0.25) is 0 Å². The van der Waals surface area contributed by atoms with Crippen LogP contribution in [-0.4, -0.2) is 11.4 Å². The third-order valence-electron chi connectivity index (χ3n) is 3.68. The second kappa shape index (κ2) is 8.40. The molecule has 1 heterocycles. The molecule has 0 saturated heterocycles. The predicted molar refractivity (Wildman–Crippen MR) is 84.4 cm³/mol. The summed E-state index contributed by atoms with van der Waals surface area (Å²) in [6, 6.07) is 9.39. The van der Waals surface area contributed by atoms with Crippen LogP contribution in [0.1, 0.15) is 61.6 Å². The zero-order chi connectivity index (χ0) is 14.9. The summed E-state index contributed by atoms with van der Waals surface area (Å²) >= 11 is 0. The van der Waals surface area contributed by atoms with Crippen molar-refractivity contribution in [1.29, 1.82) is 0 Å². The first kappa shape index (κ1) is 15.5. The van der Waals surface area contributed by atoms with Gasteiger partial charge in [-0.2, -0.15) is 0 Å². The molecule has 21 heavy (non-hydrogen) atoms. The Kier molecular flexibility index (Phi) is 6.20. The Morgan fingerprint density at radius 1 is 1.05 bits per heavy atom. The highest BCUT2D eigenvalue weighted by molar-refractivity contribution is 5.76. The van der Waals surface area contributed by atoms with Gasteiger partial charge in [-0.15, -0.1) is 0 Å². The summed E-state index contributed by atoms with van der Waals surface area (Å²) in [7, 11) is 0. The summed E-state index contributed by atoms with van der Waals surface area (Å²) in [6.07, 6.45) is 9.47. The van der Waals surface area contributed by atoms with E-state index < -0.39 is 0 Å². The van der Waals surface area contributed by atoms with Crippen molar-refractivity contribution in [2.75, 3.05) is 0 Å². The molecule has 0 spiro atoms. The average Bonchev–Trinajstić information content (AvgIpc) is 3.00. The van der Waals surface area contributed by atoms with E-state index in [4.69, 9.17) is 4.52 Å². The van der Waals surface area contributed by atoms with Gasteiger partial charge in [-0.1, -0.05) is 68.4 Å². The molecule has 1 aromatic carbocycles. The lowest BCUT2D eigenvalue weighted by Crippen LogP contribution is -1.83. The number of carbonyl (C=O) groups is 1. The highest BCUT2D eigenvalue weighted by Crippen LogP contribution is 2.20. The summed E-state index contributed by atoms with van der Waals surface area (Å²) in [5.41, 5.74) is 2.50. The van der Waals surface area contributed by atoms with Gasteiger partial charge in [0, 0.05) is 23.6 Å². The standard InChI is InChI=1S/C18H23NO2/c1-2-3-4-5-6-7-8-17-13-18(19-21-17)16-11-9-15(14-20)10-12-16/h9-14H,2-8H2,1H3. The lowest BCUT2D eigenvalue weighted by atomic mass is 10.1. The Hall–Kier alpha value is -1.90. The molecule has 0 atom stereocenters. The molecule has 0 aliphatic heterocycles. The van der Waals surface area contributed by atoms with Crippen LogP contribution in [0.25, 0.3) is 11.3 Å². The van der Waals surface area contributed by atoms with Crippen LogP contribution in [-0.2, 0) is 6.42 Å². The van der Waals surface area contributed by atoms with E-state index in [1.807, 2.05) is 18.2 Å². The van der Waals surface area contributed by atoms with E-state index in [2.05, 4.69) is 12.1 Å². The molecule has 2 aromatic rings. The number of hydrogen-bond acceptors (Lipinski definition) is 3. The number of benzene rings is 1. The first-order valence-corrected chi connectivity index (χ1v) is 7.84. The van der Waals surface area contributed by atoms with E-state index in [1.165, 1.54) is 32.1 Å². The van der Waals surface area contributed by atoms with Crippen molar-refractivity contribution in [2.45, 2.75) is 51.9 Å². The van der Waals surface area contributed by atoms with E-state index in [9.17, 15) is 4.79 Å². The van der Waals surface area contributed by atoms with Crippen LogP contribution in [0.3, 0.4) is 0 Å². The Morgan fingerprint density at radius 2 is 1.76 bits per heavy atom. The Bertz CT molecular complexity index is 543. The highest BCUT2D eigenvalue weighted by atomic mass is 16.5. The van der Waals surface area contributed by atoms with Gasteiger partial charge < -0.3 is 4.52 Å². The van der Waals surface area contributed by atoms with Gasteiger partial charge in [0.15, 0.2) is 0 Å². The van der Waals surface area contributed by atoms with Gasteiger partial charge in [-0.25, -0.2) is 0 Å². The number of aryl methyl sites for hydroxylation is 1.